The summed E-state index contributed by atoms with van der Waals surface area (Å²) in [6.07, 6.45) is 1.80. The van der Waals surface area contributed by atoms with Gasteiger partial charge in [0, 0.05) is 12.2 Å². The van der Waals surface area contributed by atoms with Crippen molar-refractivity contribution < 1.29 is 0 Å². The highest BCUT2D eigenvalue weighted by Gasteiger charge is 2.05. The van der Waals surface area contributed by atoms with Gasteiger partial charge in [-0.1, -0.05) is 19.9 Å². The molecule has 2 nitrogen and oxygen atoms in total. The van der Waals surface area contributed by atoms with E-state index in [1.165, 1.54) is 0 Å². The topological polar surface area (TPSA) is 24.9 Å². The average molecular weight is 164 g/mol. The van der Waals surface area contributed by atoms with Crippen LogP contribution in [0.25, 0.3) is 0 Å². The third kappa shape index (κ3) is 2.53. The van der Waals surface area contributed by atoms with Crippen molar-refractivity contribution in [3.63, 3.8) is 0 Å². The van der Waals surface area contributed by atoms with E-state index in [0.29, 0.717) is 12.0 Å². The molecule has 1 rings (SSSR count). The van der Waals surface area contributed by atoms with Gasteiger partial charge in [-0.15, -0.1) is 0 Å². The Morgan fingerprint density at radius 1 is 1.25 bits per heavy atom. The van der Waals surface area contributed by atoms with Crippen LogP contribution in [0.5, 0.6) is 0 Å². The molecule has 0 aromatic carbocycles. The van der Waals surface area contributed by atoms with E-state index in [1.54, 1.807) is 6.20 Å². The number of rotatable bonds is 3. The Bertz CT molecular complexity index is 219. The molecular formula is C10H16N2. The van der Waals surface area contributed by atoms with Crippen molar-refractivity contribution in [1.82, 2.24) is 4.98 Å². The third-order valence-corrected chi connectivity index (χ3v) is 2.04. The first-order valence-corrected chi connectivity index (χ1v) is 4.37. The van der Waals surface area contributed by atoms with Gasteiger partial charge in [0.1, 0.15) is 5.82 Å². The van der Waals surface area contributed by atoms with Crippen LogP contribution < -0.4 is 5.32 Å². The average Bonchev–Trinajstić information content (AvgIpc) is 2.06. The SMILES string of the molecule is CC(C)[C@H](C)Nc1ccccn1. The lowest BCUT2D eigenvalue weighted by Gasteiger charge is -2.17. The van der Waals surface area contributed by atoms with Gasteiger partial charge in [-0.05, 0) is 25.0 Å². The van der Waals surface area contributed by atoms with Gasteiger partial charge in [0.25, 0.3) is 0 Å². The lowest BCUT2D eigenvalue weighted by molar-refractivity contribution is 0.558. The molecule has 0 unspecified atom stereocenters. The number of nitrogens with zero attached hydrogens (tertiary/aromatic N) is 1. The van der Waals surface area contributed by atoms with E-state index in [9.17, 15) is 0 Å². The molecule has 0 aliphatic heterocycles. The molecule has 1 heterocycles. The van der Waals surface area contributed by atoms with E-state index in [2.05, 4.69) is 31.1 Å². The maximum atomic E-state index is 4.19. The van der Waals surface area contributed by atoms with E-state index in [1.807, 2.05) is 18.2 Å². The molecule has 1 atom stereocenters. The molecule has 0 radical (unpaired) electrons. The predicted molar refractivity (Wildman–Crippen MR) is 52.2 cm³/mol. The second-order valence-electron chi connectivity index (χ2n) is 3.39. The van der Waals surface area contributed by atoms with Crippen LogP contribution in [-0.2, 0) is 0 Å². The number of hydrogen-bond donors (Lipinski definition) is 1. The van der Waals surface area contributed by atoms with Crippen LogP contribution in [0.1, 0.15) is 20.8 Å². The molecule has 0 aliphatic rings. The summed E-state index contributed by atoms with van der Waals surface area (Å²) in [5, 5.41) is 3.33. The molecule has 1 aromatic heterocycles. The summed E-state index contributed by atoms with van der Waals surface area (Å²) in [5.74, 6) is 1.59. The van der Waals surface area contributed by atoms with Crippen LogP contribution in [-0.4, -0.2) is 11.0 Å². The molecule has 2 heteroatoms. The van der Waals surface area contributed by atoms with Gasteiger partial charge in [0.15, 0.2) is 0 Å². The lowest BCUT2D eigenvalue weighted by Crippen LogP contribution is -2.21. The van der Waals surface area contributed by atoms with Crippen LogP contribution in [0.3, 0.4) is 0 Å². The van der Waals surface area contributed by atoms with Crippen LogP contribution in [0, 0.1) is 5.92 Å². The summed E-state index contributed by atoms with van der Waals surface area (Å²) >= 11 is 0. The second-order valence-corrected chi connectivity index (χ2v) is 3.39. The number of pyridine rings is 1. The zero-order chi connectivity index (χ0) is 8.97. The standard InChI is InChI=1S/C10H16N2/c1-8(2)9(3)12-10-6-4-5-7-11-10/h4-9H,1-3H3,(H,11,12)/t9-/m0/s1. The Hall–Kier alpha value is -1.05. The summed E-state index contributed by atoms with van der Waals surface area (Å²) < 4.78 is 0. The fraction of sp³-hybridized carbons (Fsp3) is 0.500. The molecule has 0 amide bonds. The molecule has 0 saturated carbocycles. The van der Waals surface area contributed by atoms with Gasteiger partial charge in [-0.3, -0.25) is 0 Å². The molecule has 1 N–H and O–H groups in total. The first-order chi connectivity index (χ1) is 5.70. The summed E-state index contributed by atoms with van der Waals surface area (Å²) in [7, 11) is 0. The highest BCUT2D eigenvalue weighted by molar-refractivity contribution is 5.34. The summed E-state index contributed by atoms with van der Waals surface area (Å²) in [4.78, 5) is 4.19. The van der Waals surface area contributed by atoms with E-state index in [-0.39, 0.29) is 0 Å². The number of hydrogen-bond acceptors (Lipinski definition) is 2. The van der Waals surface area contributed by atoms with Crippen LogP contribution in [0.4, 0.5) is 5.82 Å². The van der Waals surface area contributed by atoms with Gasteiger partial charge in [0.05, 0.1) is 0 Å². The zero-order valence-corrected chi connectivity index (χ0v) is 7.91. The van der Waals surface area contributed by atoms with Crippen molar-refractivity contribution >= 4 is 5.82 Å². The van der Waals surface area contributed by atoms with Crippen molar-refractivity contribution in [3.8, 4) is 0 Å². The van der Waals surface area contributed by atoms with Gasteiger partial charge >= 0.3 is 0 Å². The molecular weight excluding hydrogens is 148 g/mol. The summed E-state index contributed by atoms with van der Waals surface area (Å²) in [6.45, 7) is 6.56. The van der Waals surface area contributed by atoms with Crippen molar-refractivity contribution in [1.29, 1.82) is 0 Å². The highest BCUT2D eigenvalue weighted by atomic mass is 15.0. The minimum atomic E-state index is 0.472. The van der Waals surface area contributed by atoms with E-state index in [0.717, 1.165) is 5.82 Å². The fourth-order valence-corrected chi connectivity index (χ4v) is 0.848. The Balaban J connectivity index is 2.53. The second kappa shape index (κ2) is 4.10. The molecule has 0 bridgehead atoms. The monoisotopic (exact) mass is 164 g/mol. The largest absolute Gasteiger partial charge is 0.367 e. The Kier molecular flexibility index (Phi) is 3.09. The van der Waals surface area contributed by atoms with Gasteiger partial charge in [0.2, 0.25) is 0 Å². The minimum absolute atomic E-state index is 0.472. The normalized spacial score (nSPS) is 13.0. The zero-order valence-electron chi connectivity index (χ0n) is 7.91. The molecule has 12 heavy (non-hydrogen) atoms. The molecule has 0 saturated heterocycles. The molecule has 0 fully saturated rings. The minimum Gasteiger partial charge on any atom is -0.367 e. The van der Waals surface area contributed by atoms with Gasteiger partial charge < -0.3 is 5.32 Å². The van der Waals surface area contributed by atoms with Crippen molar-refractivity contribution in [2.45, 2.75) is 26.8 Å². The van der Waals surface area contributed by atoms with E-state index in [4.69, 9.17) is 0 Å². The number of anilines is 1. The van der Waals surface area contributed by atoms with E-state index < -0.39 is 0 Å². The maximum Gasteiger partial charge on any atom is 0.126 e. The lowest BCUT2D eigenvalue weighted by atomic mass is 10.1. The number of aromatic nitrogens is 1. The maximum absolute atomic E-state index is 4.19. The van der Waals surface area contributed by atoms with Crippen molar-refractivity contribution in [2.75, 3.05) is 5.32 Å². The predicted octanol–water partition coefficient (Wildman–Crippen LogP) is 2.54. The van der Waals surface area contributed by atoms with E-state index >= 15 is 0 Å². The first-order valence-electron chi connectivity index (χ1n) is 4.37. The Morgan fingerprint density at radius 3 is 2.50 bits per heavy atom. The quantitative estimate of drug-likeness (QED) is 0.742. The summed E-state index contributed by atoms with van der Waals surface area (Å²) in [6, 6.07) is 6.37. The Morgan fingerprint density at radius 2 is 2.00 bits per heavy atom. The van der Waals surface area contributed by atoms with Crippen LogP contribution in [0.15, 0.2) is 24.4 Å². The van der Waals surface area contributed by atoms with Crippen molar-refractivity contribution in [2.24, 2.45) is 5.92 Å². The Labute approximate surface area is 74.0 Å². The van der Waals surface area contributed by atoms with Crippen LogP contribution in [0.2, 0.25) is 0 Å². The smallest absolute Gasteiger partial charge is 0.126 e. The highest BCUT2D eigenvalue weighted by Crippen LogP contribution is 2.08. The van der Waals surface area contributed by atoms with Crippen molar-refractivity contribution in [3.05, 3.63) is 24.4 Å². The fourth-order valence-electron chi connectivity index (χ4n) is 0.848. The molecule has 1 aromatic rings. The summed E-state index contributed by atoms with van der Waals surface area (Å²) in [5.41, 5.74) is 0. The third-order valence-electron chi connectivity index (χ3n) is 2.04. The molecule has 0 aliphatic carbocycles. The van der Waals surface area contributed by atoms with Gasteiger partial charge in [-0.2, -0.15) is 0 Å². The van der Waals surface area contributed by atoms with Crippen LogP contribution >= 0.6 is 0 Å². The van der Waals surface area contributed by atoms with Gasteiger partial charge in [-0.25, -0.2) is 4.98 Å². The first kappa shape index (κ1) is 9.04. The molecule has 0 spiro atoms. The number of nitrogens with one attached hydrogen (secondary N) is 1. The molecule has 66 valence electrons.